The Morgan fingerprint density at radius 1 is 1.30 bits per heavy atom. The van der Waals surface area contributed by atoms with Crippen LogP contribution in [0.3, 0.4) is 0 Å². The molecule has 0 nitrogen and oxygen atoms in total. The van der Waals surface area contributed by atoms with Crippen LogP contribution in [-0.2, 0) is 0 Å². The molecule has 0 aliphatic carbocycles. The summed E-state index contributed by atoms with van der Waals surface area (Å²) in [5.74, 6) is 1.32. The van der Waals surface area contributed by atoms with Crippen LogP contribution in [-0.4, -0.2) is 20.8 Å². The van der Waals surface area contributed by atoms with Gasteiger partial charge in [-0.3, -0.25) is 0 Å². The third-order valence-corrected chi connectivity index (χ3v) is 5.85. The quantitative estimate of drug-likeness (QED) is 0.591. The minimum absolute atomic E-state index is 0.0966. The van der Waals surface area contributed by atoms with Crippen LogP contribution in [0.2, 0.25) is 18.1 Å². The van der Waals surface area contributed by atoms with Crippen molar-refractivity contribution in [1.29, 1.82) is 0 Å². The number of rotatable bonds is 4. The first-order chi connectivity index (χ1) is 4.50. The van der Waals surface area contributed by atoms with E-state index < -0.39 is 0 Å². The highest BCUT2D eigenvalue weighted by Crippen LogP contribution is 2.33. The van der Waals surface area contributed by atoms with Crippen molar-refractivity contribution in [1.82, 2.24) is 0 Å². The van der Waals surface area contributed by atoms with Gasteiger partial charge in [0, 0.05) is 8.80 Å². The monoisotopic (exact) mass is 175 g/mol. The van der Waals surface area contributed by atoms with Crippen molar-refractivity contribution in [3.8, 4) is 0 Å². The van der Waals surface area contributed by atoms with Crippen molar-refractivity contribution >= 4 is 20.6 Å². The summed E-state index contributed by atoms with van der Waals surface area (Å²) in [5.41, 5.74) is 0. The van der Waals surface area contributed by atoms with Crippen molar-refractivity contribution in [2.75, 3.05) is 12.0 Å². The normalized spacial score (nSPS) is 12.6. The second-order valence-corrected chi connectivity index (χ2v) is 7.97. The summed E-state index contributed by atoms with van der Waals surface area (Å²) in [4.78, 5) is 0. The Morgan fingerprint density at radius 3 is 2.10 bits per heavy atom. The third kappa shape index (κ3) is 3.67. The van der Waals surface area contributed by atoms with Crippen LogP contribution in [0.4, 0.5) is 0 Å². The zero-order valence-electron chi connectivity index (χ0n) is 7.82. The van der Waals surface area contributed by atoms with Gasteiger partial charge in [-0.2, -0.15) is 11.8 Å². The van der Waals surface area contributed by atoms with Crippen molar-refractivity contribution < 1.29 is 0 Å². The molecule has 0 heterocycles. The van der Waals surface area contributed by atoms with Gasteiger partial charge in [-0.15, -0.1) is 0 Å². The van der Waals surface area contributed by atoms with E-state index in [1.54, 1.807) is 0 Å². The Balaban J connectivity index is 3.63. The molecule has 0 unspecified atom stereocenters. The van der Waals surface area contributed by atoms with E-state index in [-0.39, 0.29) is 8.80 Å². The lowest BCUT2D eigenvalue weighted by Gasteiger charge is -2.27. The summed E-state index contributed by atoms with van der Waals surface area (Å²) in [6, 6.07) is 0. The predicted molar refractivity (Wildman–Crippen MR) is 54.5 cm³/mol. The minimum Gasteiger partial charge on any atom is -0.165 e. The SMILES string of the molecule is CSCCC(C)(C)[Si](C)C. The molecule has 0 fully saturated rings. The highest BCUT2D eigenvalue weighted by Gasteiger charge is 2.22. The van der Waals surface area contributed by atoms with Gasteiger partial charge < -0.3 is 0 Å². The van der Waals surface area contributed by atoms with Gasteiger partial charge in [0.15, 0.2) is 0 Å². The Hall–Kier alpha value is 0.567. The standard InChI is InChI=1S/C8H19SSi/c1-8(2,10(4)5)6-7-9-3/h6-7H2,1-5H3. The first-order valence-corrected chi connectivity index (χ1v) is 7.69. The van der Waals surface area contributed by atoms with Gasteiger partial charge in [-0.1, -0.05) is 26.9 Å². The number of hydrogen-bond acceptors (Lipinski definition) is 1. The minimum atomic E-state index is -0.0966. The average Bonchev–Trinajstić information content (AvgIpc) is 1.84. The molecule has 1 radical (unpaired) electrons. The zero-order chi connectivity index (χ0) is 8.20. The molecule has 61 valence electrons. The lowest BCUT2D eigenvalue weighted by atomic mass is 10.1. The third-order valence-electron chi connectivity index (χ3n) is 2.28. The fourth-order valence-corrected chi connectivity index (χ4v) is 2.13. The second-order valence-electron chi connectivity index (χ2n) is 3.63. The predicted octanol–water partition coefficient (Wildman–Crippen LogP) is 3.27. The van der Waals surface area contributed by atoms with Crippen LogP contribution in [0.25, 0.3) is 0 Å². The van der Waals surface area contributed by atoms with Gasteiger partial charge in [0.05, 0.1) is 0 Å². The summed E-state index contributed by atoms with van der Waals surface area (Å²) in [6.45, 7) is 9.62. The largest absolute Gasteiger partial charge is 0.165 e. The van der Waals surface area contributed by atoms with E-state index in [1.807, 2.05) is 11.8 Å². The van der Waals surface area contributed by atoms with E-state index in [0.29, 0.717) is 5.04 Å². The summed E-state index contributed by atoms with van der Waals surface area (Å²) < 4.78 is 0. The van der Waals surface area contributed by atoms with Crippen molar-refractivity contribution in [2.45, 2.75) is 38.4 Å². The maximum absolute atomic E-state index is 2.41. The maximum Gasteiger partial charge on any atom is 0.0473 e. The maximum atomic E-state index is 2.41. The highest BCUT2D eigenvalue weighted by molar-refractivity contribution is 7.98. The van der Waals surface area contributed by atoms with E-state index in [2.05, 4.69) is 33.2 Å². The van der Waals surface area contributed by atoms with Crippen LogP contribution in [0, 0.1) is 0 Å². The van der Waals surface area contributed by atoms with Gasteiger partial charge in [0.1, 0.15) is 0 Å². The fraction of sp³-hybridized carbons (Fsp3) is 1.00. The molecule has 0 aromatic carbocycles. The molecule has 0 bridgehead atoms. The molecule has 0 saturated heterocycles. The molecule has 0 amide bonds. The molecular formula is C8H19SSi. The molecule has 0 saturated carbocycles. The molecular weight excluding hydrogens is 156 g/mol. The highest BCUT2D eigenvalue weighted by atomic mass is 32.2. The second kappa shape index (κ2) is 4.45. The molecule has 0 aliphatic heterocycles. The first kappa shape index (κ1) is 10.6. The topological polar surface area (TPSA) is 0 Å². The molecule has 0 rings (SSSR count). The molecule has 0 aromatic heterocycles. The summed E-state index contributed by atoms with van der Waals surface area (Å²) in [6.07, 6.45) is 3.57. The van der Waals surface area contributed by atoms with E-state index in [1.165, 1.54) is 12.2 Å². The van der Waals surface area contributed by atoms with E-state index >= 15 is 0 Å². The molecule has 0 N–H and O–H groups in total. The van der Waals surface area contributed by atoms with Gasteiger partial charge in [-0.25, -0.2) is 0 Å². The Labute approximate surface area is 71.4 Å². The smallest absolute Gasteiger partial charge is 0.0473 e. The Kier molecular flexibility index (Phi) is 4.70. The summed E-state index contributed by atoms with van der Waals surface area (Å²) >= 11 is 1.96. The van der Waals surface area contributed by atoms with Gasteiger partial charge in [0.2, 0.25) is 0 Å². The van der Waals surface area contributed by atoms with E-state index in [0.717, 1.165) is 0 Å². The molecule has 2 heteroatoms. The van der Waals surface area contributed by atoms with Gasteiger partial charge >= 0.3 is 0 Å². The fourth-order valence-electron chi connectivity index (χ4n) is 0.607. The zero-order valence-corrected chi connectivity index (χ0v) is 9.64. The van der Waals surface area contributed by atoms with Crippen LogP contribution in [0.1, 0.15) is 20.3 Å². The summed E-state index contributed by atoms with van der Waals surface area (Å²) in [7, 11) is -0.0966. The van der Waals surface area contributed by atoms with Crippen LogP contribution < -0.4 is 0 Å². The summed E-state index contributed by atoms with van der Waals surface area (Å²) in [5, 5.41) is 0.633. The molecule has 0 spiro atoms. The van der Waals surface area contributed by atoms with Crippen molar-refractivity contribution in [2.24, 2.45) is 0 Å². The molecule has 0 aromatic rings. The van der Waals surface area contributed by atoms with E-state index in [9.17, 15) is 0 Å². The van der Waals surface area contributed by atoms with Crippen LogP contribution >= 0.6 is 11.8 Å². The number of thioether (sulfide) groups is 1. The van der Waals surface area contributed by atoms with Crippen LogP contribution in [0.15, 0.2) is 0 Å². The van der Waals surface area contributed by atoms with Gasteiger partial charge in [-0.05, 0) is 23.5 Å². The molecule has 0 atom stereocenters. The molecule has 10 heavy (non-hydrogen) atoms. The number of hydrogen-bond donors (Lipinski definition) is 0. The van der Waals surface area contributed by atoms with Gasteiger partial charge in [0.25, 0.3) is 0 Å². The first-order valence-electron chi connectivity index (χ1n) is 3.80. The van der Waals surface area contributed by atoms with Crippen molar-refractivity contribution in [3.05, 3.63) is 0 Å². The molecule has 0 aliphatic rings. The average molecular weight is 175 g/mol. The Bertz CT molecular complexity index is 89.3. The lowest BCUT2D eigenvalue weighted by Crippen LogP contribution is -2.21. The van der Waals surface area contributed by atoms with E-state index in [4.69, 9.17) is 0 Å². The Morgan fingerprint density at radius 2 is 1.80 bits per heavy atom. The van der Waals surface area contributed by atoms with Crippen molar-refractivity contribution in [3.63, 3.8) is 0 Å². The lowest BCUT2D eigenvalue weighted by molar-refractivity contribution is 0.641. The van der Waals surface area contributed by atoms with Crippen LogP contribution in [0.5, 0.6) is 0 Å².